The van der Waals surface area contributed by atoms with E-state index in [-0.39, 0.29) is 30.9 Å². The van der Waals surface area contributed by atoms with Crippen LogP contribution in [-0.2, 0) is 23.9 Å². The molecule has 11 heteroatoms. The fourth-order valence-electron chi connectivity index (χ4n) is 8.11. The average molecular weight is 653 g/mol. The maximum atomic E-state index is 14.7. The third-order valence-corrected chi connectivity index (χ3v) is 10.3. The van der Waals surface area contributed by atoms with Crippen LogP contribution in [0.15, 0.2) is 49.6 Å². The van der Waals surface area contributed by atoms with Crippen LogP contribution in [0.5, 0.6) is 5.75 Å². The number of rotatable bonds is 17. The molecule has 4 heterocycles. The summed E-state index contributed by atoms with van der Waals surface area (Å²) in [5, 5.41) is 9.38. The summed E-state index contributed by atoms with van der Waals surface area (Å²) in [5.41, 5.74) is -1.34. The topological polar surface area (TPSA) is 112 Å². The average Bonchev–Trinajstić information content (AvgIpc) is 3.64. The van der Waals surface area contributed by atoms with Crippen LogP contribution in [0.25, 0.3) is 0 Å². The Hall–Kier alpha value is -3.25. The van der Waals surface area contributed by atoms with Crippen molar-refractivity contribution < 1.29 is 33.7 Å². The van der Waals surface area contributed by atoms with Crippen molar-refractivity contribution in [3.8, 4) is 5.75 Å². The van der Waals surface area contributed by atoms with Gasteiger partial charge >= 0.3 is 0 Å². The number of carbonyl (C=O) groups is 3. The van der Waals surface area contributed by atoms with Crippen LogP contribution >= 0.6 is 0 Å². The van der Waals surface area contributed by atoms with Gasteiger partial charge in [0.15, 0.2) is 0 Å². The molecule has 0 aliphatic carbocycles. The van der Waals surface area contributed by atoms with E-state index < -0.39 is 29.1 Å². The molecule has 5 rings (SSSR count). The number of morpholine rings is 1. The Kier molecular flexibility index (Phi) is 11.4. The number of carbonyl (C=O) groups excluding carboxylic acids is 3. The van der Waals surface area contributed by atoms with E-state index in [1.807, 2.05) is 38.1 Å². The predicted molar refractivity (Wildman–Crippen MR) is 179 cm³/mol. The quantitative estimate of drug-likeness (QED) is 0.202. The zero-order valence-corrected chi connectivity index (χ0v) is 28.1. The highest BCUT2D eigenvalue weighted by atomic mass is 16.5. The maximum absolute atomic E-state index is 14.7. The Bertz CT molecular complexity index is 1280. The Morgan fingerprint density at radius 1 is 1.04 bits per heavy atom. The fraction of sp³-hybridized carbons (Fsp3) is 0.639. The van der Waals surface area contributed by atoms with Crippen LogP contribution < -0.4 is 9.64 Å². The third kappa shape index (κ3) is 6.86. The molecule has 258 valence electrons. The van der Waals surface area contributed by atoms with Gasteiger partial charge in [0.25, 0.3) is 0 Å². The Labute approximate surface area is 279 Å². The first kappa shape index (κ1) is 35.1. The van der Waals surface area contributed by atoms with E-state index in [4.69, 9.17) is 14.2 Å². The van der Waals surface area contributed by atoms with E-state index in [1.165, 1.54) is 0 Å². The van der Waals surface area contributed by atoms with Crippen molar-refractivity contribution in [3.63, 3.8) is 0 Å². The fourth-order valence-corrected chi connectivity index (χ4v) is 8.11. The highest BCUT2D eigenvalue weighted by Gasteiger charge is 2.78. The number of likely N-dealkylation sites (tertiary alicyclic amines) is 1. The van der Waals surface area contributed by atoms with Crippen LogP contribution in [0.3, 0.4) is 0 Å². The molecular weight excluding hydrogens is 600 g/mol. The largest absolute Gasteiger partial charge is 0.494 e. The number of amides is 3. The molecule has 1 N–H and O–H groups in total. The first-order valence-corrected chi connectivity index (χ1v) is 17.2. The van der Waals surface area contributed by atoms with E-state index in [9.17, 15) is 19.5 Å². The maximum Gasteiger partial charge on any atom is 0.248 e. The normalized spacial score (nSPS) is 28.3. The molecule has 1 aromatic rings. The molecule has 2 unspecified atom stereocenters. The summed E-state index contributed by atoms with van der Waals surface area (Å²) in [6, 6.07) is 6.50. The number of aliphatic hydroxyl groups excluding tert-OH is 1. The standard InChI is InChI=1S/C36H52N4O7/c1-5-17-38(21-20-37-22-25-45-26-23-37)34(44)31-36-16-15-35(4,47-36)29(30(36)33(43)40(31)19-9-8-10-24-41)32(42)39(18-6-2)27-11-13-28(14-12-27)46-7-3/h5-6,11-14,29-31,41H,1-2,7-10,15-26H2,3-4H3/t29-,30+,31?,35+,36?/m1/s1. The Morgan fingerprint density at radius 2 is 1.77 bits per heavy atom. The summed E-state index contributed by atoms with van der Waals surface area (Å²) in [6.45, 7) is 17.3. The third-order valence-electron chi connectivity index (χ3n) is 10.3. The monoisotopic (exact) mass is 652 g/mol. The van der Waals surface area contributed by atoms with Crippen LogP contribution in [0.4, 0.5) is 5.69 Å². The van der Waals surface area contributed by atoms with Gasteiger partial charge in [0, 0.05) is 58.1 Å². The number of benzene rings is 1. The molecule has 3 amide bonds. The molecular formula is C36H52N4O7. The summed E-state index contributed by atoms with van der Waals surface area (Å²) < 4.78 is 18.0. The van der Waals surface area contributed by atoms with Crippen LogP contribution in [-0.4, -0.2) is 127 Å². The SMILES string of the molecule is C=CCN(CCN1CCOCC1)C(=O)C1N(CCCCCO)C(=O)[C@@H]2[C@H](C(=O)N(CC=C)c3ccc(OCC)cc3)[C@]3(C)CCC12O3. The molecule has 11 nitrogen and oxygen atoms in total. The molecule has 4 saturated heterocycles. The summed E-state index contributed by atoms with van der Waals surface area (Å²) >= 11 is 0. The summed E-state index contributed by atoms with van der Waals surface area (Å²) in [5.74, 6) is -1.43. The van der Waals surface area contributed by atoms with Crippen LogP contribution in [0.2, 0.25) is 0 Å². The molecule has 0 saturated carbocycles. The molecule has 1 aromatic carbocycles. The zero-order valence-electron chi connectivity index (χ0n) is 28.1. The first-order valence-electron chi connectivity index (χ1n) is 17.2. The van der Waals surface area contributed by atoms with Crippen molar-refractivity contribution in [2.24, 2.45) is 11.8 Å². The van der Waals surface area contributed by atoms with Gasteiger partial charge in [0.2, 0.25) is 17.7 Å². The lowest BCUT2D eigenvalue weighted by atomic mass is 9.66. The molecule has 5 atom stereocenters. The highest BCUT2D eigenvalue weighted by molar-refractivity contribution is 6.03. The van der Waals surface area contributed by atoms with Crippen molar-refractivity contribution in [3.05, 3.63) is 49.6 Å². The number of fused-ring (bicyclic) bond motifs is 1. The van der Waals surface area contributed by atoms with Crippen molar-refractivity contribution in [1.82, 2.24) is 14.7 Å². The van der Waals surface area contributed by atoms with Crippen LogP contribution in [0.1, 0.15) is 46.0 Å². The number of hydrogen-bond donors (Lipinski definition) is 1. The summed E-state index contributed by atoms with van der Waals surface area (Å²) in [7, 11) is 0. The van der Waals surface area contributed by atoms with Gasteiger partial charge in [0.1, 0.15) is 17.4 Å². The van der Waals surface area contributed by atoms with Crippen molar-refractivity contribution in [1.29, 1.82) is 0 Å². The second kappa shape index (κ2) is 15.3. The van der Waals surface area contributed by atoms with Gasteiger partial charge in [-0.2, -0.15) is 0 Å². The minimum absolute atomic E-state index is 0.0697. The number of aliphatic hydroxyl groups is 1. The predicted octanol–water partition coefficient (Wildman–Crippen LogP) is 2.88. The molecule has 0 radical (unpaired) electrons. The smallest absolute Gasteiger partial charge is 0.248 e. The lowest BCUT2D eigenvalue weighted by Crippen LogP contribution is -2.57. The second-order valence-corrected chi connectivity index (χ2v) is 13.2. The number of anilines is 1. The minimum Gasteiger partial charge on any atom is -0.494 e. The van der Waals surface area contributed by atoms with E-state index >= 15 is 0 Å². The first-order chi connectivity index (χ1) is 22.7. The van der Waals surface area contributed by atoms with Crippen molar-refractivity contribution >= 4 is 23.4 Å². The van der Waals surface area contributed by atoms with Gasteiger partial charge in [0.05, 0.1) is 37.3 Å². The molecule has 4 fully saturated rings. The summed E-state index contributed by atoms with van der Waals surface area (Å²) in [4.78, 5) is 51.4. The lowest BCUT2D eigenvalue weighted by molar-refractivity contribution is -0.151. The van der Waals surface area contributed by atoms with E-state index in [1.54, 1.807) is 26.9 Å². The van der Waals surface area contributed by atoms with Gasteiger partial charge in [-0.1, -0.05) is 12.2 Å². The van der Waals surface area contributed by atoms with Gasteiger partial charge in [-0.05, 0) is 70.2 Å². The summed E-state index contributed by atoms with van der Waals surface area (Å²) in [6.07, 6.45) is 6.46. The molecule has 4 aliphatic heterocycles. The number of ether oxygens (including phenoxy) is 3. The van der Waals surface area contributed by atoms with Crippen molar-refractivity contribution in [2.75, 3.05) is 77.1 Å². The Balaban J connectivity index is 1.47. The molecule has 1 spiro atoms. The molecule has 0 aromatic heterocycles. The molecule has 47 heavy (non-hydrogen) atoms. The minimum atomic E-state index is -1.11. The zero-order chi connectivity index (χ0) is 33.6. The number of unbranched alkanes of at least 4 members (excludes halogenated alkanes) is 2. The van der Waals surface area contributed by atoms with Gasteiger partial charge in [-0.15, -0.1) is 13.2 Å². The number of hydrogen-bond acceptors (Lipinski definition) is 8. The van der Waals surface area contributed by atoms with Crippen molar-refractivity contribution in [2.45, 2.75) is 63.2 Å². The molecule has 4 aliphatic rings. The van der Waals surface area contributed by atoms with E-state index in [0.29, 0.717) is 83.1 Å². The van der Waals surface area contributed by atoms with E-state index in [0.717, 1.165) is 19.5 Å². The number of nitrogens with zero attached hydrogens (tertiary/aromatic N) is 4. The highest BCUT2D eigenvalue weighted by Crippen LogP contribution is 2.63. The van der Waals surface area contributed by atoms with Crippen LogP contribution in [0, 0.1) is 11.8 Å². The lowest BCUT2D eigenvalue weighted by Gasteiger charge is -2.37. The Morgan fingerprint density at radius 3 is 2.43 bits per heavy atom. The van der Waals surface area contributed by atoms with Gasteiger partial charge < -0.3 is 34.0 Å². The van der Waals surface area contributed by atoms with Gasteiger partial charge in [-0.3, -0.25) is 19.3 Å². The second-order valence-electron chi connectivity index (χ2n) is 13.2. The molecule has 2 bridgehead atoms. The van der Waals surface area contributed by atoms with Gasteiger partial charge in [-0.25, -0.2) is 0 Å². The van der Waals surface area contributed by atoms with E-state index in [2.05, 4.69) is 18.1 Å².